The van der Waals surface area contributed by atoms with E-state index in [2.05, 4.69) is 4.90 Å². The largest absolute Gasteiger partial charge is 0.416 e. The van der Waals surface area contributed by atoms with Gasteiger partial charge in [0.25, 0.3) is 0 Å². The number of halogens is 3. The first kappa shape index (κ1) is 26.8. The summed E-state index contributed by atoms with van der Waals surface area (Å²) in [4.78, 5) is 32.5. The van der Waals surface area contributed by atoms with Crippen LogP contribution in [0.5, 0.6) is 0 Å². The Morgan fingerprint density at radius 2 is 1.53 bits per heavy atom. The monoisotopic (exact) mass is 530 g/mol. The van der Waals surface area contributed by atoms with Gasteiger partial charge < -0.3 is 14.4 Å². The zero-order valence-electron chi connectivity index (χ0n) is 21.8. The summed E-state index contributed by atoms with van der Waals surface area (Å²) in [7, 11) is 0. The topological polar surface area (TPSA) is 48.8 Å². The van der Waals surface area contributed by atoms with Crippen molar-refractivity contribution in [3.05, 3.63) is 53.9 Å². The van der Waals surface area contributed by atoms with E-state index in [1.807, 2.05) is 32.8 Å². The van der Waals surface area contributed by atoms with E-state index < -0.39 is 11.7 Å². The number of amides is 2. The second-order valence-electron chi connectivity index (χ2n) is 11.0. The number of alkyl halides is 3. The van der Waals surface area contributed by atoms with E-state index >= 15 is 0 Å². The normalized spacial score (nSPS) is 21.7. The maximum atomic E-state index is 13.3. The van der Waals surface area contributed by atoms with Crippen LogP contribution in [0.25, 0.3) is 5.69 Å². The molecule has 5 rings (SSSR count). The summed E-state index contributed by atoms with van der Waals surface area (Å²) < 4.78 is 40.4. The molecule has 0 spiro atoms. The quantitative estimate of drug-likeness (QED) is 0.522. The molecule has 3 saturated heterocycles. The summed E-state index contributed by atoms with van der Waals surface area (Å²) in [5.74, 6) is 0.614. The van der Waals surface area contributed by atoms with Crippen LogP contribution < -0.4 is 0 Å². The molecule has 1 unspecified atom stereocenters. The molecular formula is C29H37F3N4O2. The van der Waals surface area contributed by atoms with Crippen molar-refractivity contribution >= 4 is 11.8 Å². The highest BCUT2D eigenvalue weighted by atomic mass is 19.4. The van der Waals surface area contributed by atoms with Crippen LogP contribution in [0.2, 0.25) is 0 Å². The van der Waals surface area contributed by atoms with Gasteiger partial charge in [-0.2, -0.15) is 13.2 Å². The van der Waals surface area contributed by atoms with Gasteiger partial charge in [0.15, 0.2) is 0 Å². The first-order valence-corrected chi connectivity index (χ1v) is 13.9. The van der Waals surface area contributed by atoms with Crippen LogP contribution >= 0.6 is 0 Å². The van der Waals surface area contributed by atoms with Crippen molar-refractivity contribution in [3.8, 4) is 5.69 Å². The lowest BCUT2D eigenvalue weighted by molar-refractivity contribution is -0.147. The zero-order valence-corrected chi connectivity index (χ0v) is 21.8. The maximum absolute atomic E-state index is 13.3. The summed E-state index contributed by atoms with van der Waals surface area (Å²) in [6.45, 7) is 4.91. The van der Waals surface area contributed by atoms with Crippen molar-refractivity contribution in [1.29, 1.82) is 0 Å². The highest BCUT2D eigenvalue weighted by Crippen LogP contribution is 2.30. The molecule has 0 radical (unpaired) electrons. The number of carbonyl (C=O) groups is 2. The van der Waals surface area contributed by atoms with Gasteiger partial charge in [0.2, 0.25) is 11.8 Å². The van der Waals surface area contributed by atoms with Crippen LogP contribution in [0.4, 0.5) is 13.2 Å². The molecule has 4 heterocycles. The van der Waals surface area contributed by atoms with E-state index in [1.54, 1.807) is 0 Å². The van der Waals surface area contributed by atoms with Crippen molar-refractivity contribution in [2.75, 3.05) is 32.7 Å². The molecule has 1 atom stereocenters. The fourth-order valence-electron chi connectivity index (χ4n) is 6.12. The van der Waals surface area contributed by atoms with Crippen molar-refractivity contribution in [1.82, 2.24) is 19.3 Å². The number of hydrogen-bond donors (Lipinski definition) is 0. The first-order chi connectivity index (χ1) is 18.3. The average Bonchev–Trinajstić information content (AvgIpc) is 3.62. The Morgan fingerprint density at radius 1 is 0.842 bits per heavy atom. The molecule has 0 bridgehead atoms. The Labute approximate surface area is 222 Å². The highest BCUT2D eigenvalue weighted by Gasteiger charge is 2.36. The molecule has 2 aromatic rings. The minimum Gasteiger partial charge on any atom is -0.341 e. The van der Waals surface area contributed by atoms with Gasteiger partial charge in [-0.15, -0.1) is 0 Å². The van der Waals surface area contributed by atoms with E-state index in [-0.39, 0.29) is 17.9 Å². The fourth-order valence-corrected chi connectivity index (χ4v) is 6.12. The summed E-state index contributed by atoms with van der Waals surface area (Å²) >= 11 is 0. The lowest BCUT2D eigenvalue weighted by Gasteiger charge is -2.38. The molecule has 3 fully saturated rings. The van der Waals surface area contributed by atoms with Crippen LogP contribution in [-0.2, 0) is 22.3 Å². The fraction of sp³-hybridized carbons (Fsp3) is 0.586. The van der Waals surface area contributed by atoms with Crippen LogP contribution in [0.3, 0.4) is 0 Å². The zero-order chi connectivity index (χ0) is 26.7. The van der Waals surface area contributed by atoms with Crippen molar-refractivity contribution in [2.24, 2.45) is 5.92 Å². The predicted octanol–water partition coefficient (Wildman–Crippen LogP) is 5.10. The SMILES string of the molecule is O=C(C1CCCCN1C(=O)CC1CCN(Cc2ccn(-c3ccc(C(F)(F)F)cc3)c2)CC1)N1CCCC1. The average molecular weight is 531 g/mol. The van der Waals surface area contributed by atoms with Gasteiger partial charge >= 0.3 is 6.18 Å². The molecule has 9 heteroatoms. The highest BCUT2D eigenvalue weighted by molar-refractivity contribution is 5.88. The van der Waals surface area contributed by atoms with Gasteiger partial charge in [0.05, 0.1) is 5.56 Å². The number of carbonyl (C=O) groups excluding carboxylic acids is 2. The van der Waals surface area contributed by atoms with E-state index in [1.165, 1.54) is 12.1 Å². The van der Waals surface area contributed by atoms with Crippen LogP contribution in [-0.4, -0.2) is 69.8 Å². The molecule has 1 aromatic heterocycles. The third kappa shape index (κ3) is 6.25. The Morgan fingerprint density at radius 3 is 2.21 bits per heavy atom. The Kier molecular flexibility index (Phi) is 8.12. The third-order valence-electron chi connectivity index (χ3n) is 8.35. The molecule has 3 aliphatic heterocycles. The number of aromatic nitrogens is 1. The van der Waals surface area contributed by atoms with E-state index in [0.29, 0.717) is 24.6 Å². The minimum absolute atomic E-state index is 0.134. The molecule has 3 aliphatic rings. The number of piperidine rings is 2. The van der Waals surface area contributed by atoms with E-state index in [0.717, 1.165) is 95.4 Å². The molecule has 0 saturated carbocycles. The van der Waals surface area contributed by atoms with Crippen LogP contribution in [0.1, 0.15) is 62.5 Å². The Hall–Kier alpha value is -2.81. The number of hydrogen-bond acceptors (Lipinski definition) is 3. The van der Waals surface area contributed by atoms with E-state index in [9.17, 15) is 22.8 Å². The predicted molar refractivity (Wildman–Crippen MR) is 139 cm³/mol. The molecule has 2 amide bonds. The van der Waals surface area contributed by atoms with Gasteiger partial charge in [-0.05, 0) is 99.8 Å². The lowest BCUT2D eigenvalue weighted by Crippen LogP contribution is -2.53. The van der Waals surface area contributed by atoms with E-state index in [4.69, 9.17) is 0 Å². The smallest absolute Gasteiger partial charge is 0.341 e. The lowest BCUT2D eigenvalue weighted by atomic mass is 9.91. The maximum Gasteiger partial charge on any atom is 0.416 e. The second-order valence-corrected chi connectivity index (χ2v) is 11.0. The second kappa shape index (κ2) is 11.5. The molecule has 38 heavy (non-hydrogen) atoms. The van der Waals surface area contributed by atoms with Gasteiger partial charge in [0, 0.05) is 50.7 Å². The number of nitrogens with zero attached hydrogens (tertiary/aromatic N) is 4. The number of rotatable bonds is 6. The van der Waals surface area contributed by atoms with Gasteiger partial charge in [-0.3, -0.25) is 14.5 Å². The summed E-state index contributed by atoms with van der Waals surface area (Å²) in [6.07, 6.45) is 6.80. The van der Waals surface area contributed by atoms with Crippen molar-refractivity contribution < 1.29 is 22.8 Å². The Bertz CT molecular complexity index is 1100. The van der Waals surface area contributed by atoms with Crippen LogP contribution in [0, 0.1) is 5.92 Å². The van der Waals surface area contributed by atoms with Crippen molar-refractivity contribution in [2.45, 2.75) is 70.1 Å². The Balaban J connectivity index is 1.10. The number of likely N-dealkylation sites (tertiary alicyclic amines) is 3. The molecule has 0 N–H and O–H groups in total. The van der Waals surface area contributed by atoms with Crippen LogP contribution in [0.15, 0.2) is 42.7 Å². The summed E-state index contributed by atoms with van der Waals surface area (Å²) in [5, 5.41) is 0. The molecule has 0 aliphatic carbocycles. The molecule has 206 valence electrons. The number of benzene rings is 1. The molecule has 6 nitrogen and oxygen atoms in total. The minimum atomic E-state index is -4.34. The summed E-state index contributed by atoms with van der Waals surface area (Å²) in [5.41, 5.74) is 1.15. The first-order valence-electron chi connectivity index (χ1n) is 13.9. The molecule has 1 aromatic carbocycles. The van der Waals surface area contributed by atoms with Gasteiger partial charge in [-0.1, -0.05) is 0 Å². The van der Waals surface area contributed by atoms with Gasteiger partial charge in [0.1, 0.15) is 6.04 Å². The summed E-state index contributed by atoms with van der Waals surface area (Å²) in [6, 6.07) is 6.91. The standard InChI is InChI=1S/C29H37F3N4O2/c30-29(31,32)24-6-8-25(9-7-24)35-18-12-23(21-35)20-33-16-10-22(11-17-33)19-27(37)36-15-2-1-5-26(36)28(38)34-13-3-4-14-34/h6-9,12,18,21-22,26H,1-5,10-11,13-17,19-20H2. The van der Waals surface area contributed by atoms with Gasteiger partial charge in [-0.25, -0.2) is 0 Å². The van der Waals surface area contributed by atoms with Crippen molar-refractivity contribution in [3.63, 3.8) is 0 Å². The third-order valence-corrected chi connectivity index (χ3v) is 8.35. The molecular weight excluding hydrogens is 493 g/mol.